The summed E-state index contributed by atoms with van der Waals surface area (Å²) in [5, 5.41) is 3.93. The molecule has 1 saturated heterocycles. The summed E-state index contributed by atoms with van der Waals surface area (Å²) in [6.07, 6.45) is 3.65. The highest BCUT2D eigenvalue weighted by Gasteiger charge is 2.26. The van der Waals surface area contributed by atoms with Crippen LogP contribution in [0.3, 0.4) is 0 Å². The van der Waals surface area contributed by atoms with Crippen molar-refractivity contribution in [2.24, 2.45) is 0 Å². The number of aromatic nitrogens is 1. The van der Waals surface area contributed by atoms with Crippen LogP contribution in [-0.2, 0) is 6.54 Å². The molecule has 106 valence electrons. The molecule has 1 aliphatic heterocycles. The Kier molecular flexibility index (Phi) is 3.52. The fraction of sp³-hybridized carbons (Fsp3) is 0.400. The van der Waals surface area contributed by atoms with Gasteiger partial charge in [0.15, 0.2) is 5.78 Å². The van der Waals surface area contributed by atoms with Crippen molar-refractivity contribution in [3.8, 4) is 0 Å². The molecule has 0 amide bonds. The maximum Gasteiger partial charge on any atom is 0.181 e. The molecule has 1 unspecified atom stereocenters. The van der Waals surface area contributed by atoms with E-state index in [0.29, 0.717) is 17.5 Å². The highest BCUT2D eigenvalue weighted by Crippen LogP contribution is 2.29. The van der Waals surface area contributed by atoms with Crippen LogP contribution < -0.4 is 5.32 Å². The molecule has 1 aliphatic rings. The second kappa shape index (κ2) is 5.19. The summed E-state index contributed by atoms with van der Waals surface area (Å²) in [6.45, 7) is 3.56. The van der Waals surface area contributed by atoms with Gasteiger partial charge < -0.3 is 9.88 Å². The largest absolute Gasteiger partial charge is 0.347 e. The van der Waals surface area contributed by atoms with Gasteiger partial charge in [-0.3, -0.25) is 4.79 Å². The topological polar surface area (TPSA) is 34.0 Å². The van der Waals surface area contributed by atoms with E-state index < -0.39 is 5.82 Å². The normalized spacial score (nSPS) is 18.9. The molecule has 0 saturated carbocycles. The minimum atomic E-state index is -0.485. The van der Waals surface area contributed by atoms with Crippen molar-refractivity contribution in [1.82, 2.24) is 9.88 Å². The van der Waals surface area contributed by atoms with Crippen molar-refractivity contribution in [3.05, 3.63) is 34.7 Å². The monoisotopic (exact) mass is 294 g/mol. The number of nitrogens with zero attached hydrogens (tertiary/aromatic N) is 1. The van der Waals surface area contributed by atoms with Gasteiger partial charge in [0.2, 0.25) is 0 Å². The summed E-state index contributed by atoms with van der Waals surface area (Å²) >= 11 is 5.85. The predicted molar refractivity (Wildman–Crippen MR) is 77.9 cm³/mol. The third-order valence-electron chi connectivity index (χ3n) is 3.91. The second-order valence-electron chi connectivity index (χ2n) is 5.13. The molecule has 0 aliphatic carbocycles. The summed E-state index contributed by atoms with van der Waals surface area (Å²) in [7, 11) is 0. The van der Waals surface area contributed by atoms with Gasteiger partial charge in [-0.15, -0.1) is 0 Å². The number of carbonyl (C=O) groups excluding carboxylic acids is 1. The fourth-order valence-electron chi connectivity index (χ4n) is 2.84. The zero-order valence-electron chi connectivity index (χ0n) is 11.2. The zero-order valence-corrected chi connectivity index (χ0v) is 12.0. The molecule has 1 fully saturated rings. The van der Waals surface area contributed by atoms with Gasteiger partial charge in [-0.25, -0.2) is 4.39 Å². The second-order valence-corrected chi connectivity index (χ2v) is 5.53. The summed E-state index contributed by atoms with van der Waals surface area (Å²) in [6, 6.07) is 2.81. The number of ketones is 1. The minimum Gasteiger partial charge on any atom is -0.347 e. The van der Waals surface area contributed by atoms with E-state index in [2.05, 4.69) is 5.32 Å². The number of hydrogen-bond donors (Lipinski definition) is 1. The average Bonchev–Trinajstić information content (AvgIpc) is 3.06. The quantitative estimate of drug-likeness (QED) is 0.881. The van der Waals surface area contributed by atoms with E-state index in [1.54, 1.807) is 6.07 Å². The number of rotatable bonds is 3. The Morgan fingerprint density at radius 2 is 2.35 bits per heavy atom. The lowest BCUT2D eigenvalue weighted by Crippen LogP contribution is -2.30. The molecule has 2 aromatic rings. The van der Waals surface area contributed by atoms with Crippen molar-refractivity contribution in [2.75, 3.05) is 6.54 Å². The molecular weight excluding hydrogens is 279 g/mol. The molecule has 3 nitrogen and oxygen atoms in total. The van der Waals surface area contributed by atoms with Gasteiger partial charge in [0, 0.05) is 23.7 Å². The molecule has 0 bridgehead atoms. The van der Waals surface area contributed by atoms with Crippen LogP contribution >= 0.6 is 11.6 Å². The van der Waals surface area contributed by atoms with Crippen LogP contribution in [0, 0.1) is 5.82 Å². The first-order chi connectivity index (χ1) is 9.61. The van der Waals surface area contributed by atoms with Gasteiger partial charge in [-0.1, -0.05) is 11.6 Å². The van der Waals surface area contributed by atoms with E-state index >= 15 is 0 Å². The highest BCUT2D eigenvalue weighted by molar-refractivity contribution is 6.31. The van der Waals surface area contributed by atoms with Gasteiger partial charge in [0.25, 0.3) is 0 Å². The number of hydrogen-bond acceptors (Lipinski definition) is 2. The summed E-state index contributed by atoms with van der Waals surface area (Å²) in [5.41, 5.74) is 1.39. The van der Waals surface area contributed by atoms with Gasteiger partial charge >= 0.3 is 0 Å². The van der Waals surface area contributed by atoms with Crippen LogP contribution in [0.15, 0.2) is 18.3 Å². The van der Waals surface area contributed by atoms with Crippen molar-refractivity contribution in [3.63, 3.8) is 0 Å². The number of aryl methyl sites for hydroxylation is 1. The van der Waals surface area contributed by atoms with Crippen LogP contribution in [0.25, 0.3) is 10.9 Å². The van der Waals surface area contributed by atoms with E-state index in [4.69, 9.17) is 11.6 Å². The Balaban J connectivity index is 2.15. The number of nitrogens with one attached hydrogen (secondary N) is 1. The van der Waals surface area contributed by atoms with Crippen molar-refractivity contribution in [1.29, 1.82) is 0 Å². The third-order valence-corrected chi connectivity index (χ3v) is 4.20. The van der Waals surface area contributed by atoms with E-state index in [0.717, 1.165) is 24.9 Å². The molecule has 1 aromatic heterocycles. The number of fused-ring (bicyclic) bond motifs is 1. The maximum atomic E-state index is 13.7. The SMILES string of the molecule is CCn1cc(C(=O)C2CCCN2)c2cc(F)c(Cl)cc21. The first kappa shape index (κ1) is 13.6. The number of halogens is 2. The van der Waals surface area contributed by atoms with Crippen LogP contribution in [0.4, 0.5) is 4.39 Å². The lowest BCUT2D eigenvalue weighted by atomic mass is 10.0. The maximum absolute atomic E-state index is 13.7. The van der Waals surface area contributed by atoms with Crippen LogP contribution in [0.2, 0.25) is 5.02 Å². The number of Topliss-reactive ketones (excluding diaryl/α,β-unsaturated/α-hetero) is 1. The smallest absolute Gasteiger partial charge is 0.181 e. The Hall–Kier alpha value is -1.39. The van der Waals surface area contributed by atoms with E-state index in [-0.39, 0.29) is 16.8 Å². The fourth-order valence-corrected chi connectivity index (χ4v) is 3.00. The summed E-state index contributed by atoms with van der Waals surface area (Å²) < 4.78 is 15.6. The molecule has 1 N–H and O–H groups in total. The van der Waals surface area contributed by atoms with Crippen molar-refractivity contribution < 1.29 is 9.18 Å². The van der Waals surface area contributed by atoms with Gasteiger partial charge in [-0.05, 0) is 38.4 Å². The molecule has 0 radical (unpaired) electrons. The molecule has 3 rings (SSSR count). The van der Waals surface area contributed by atoms with E-state index in [1.807, 2.05) is 17.7 Å². The van der Waals surface area contributed by atoms with E-state index in [9.17, 15) is 9.18 Å². The lowest BCUT2D eigenvalue weighted by molar-refractivity contribution is 0.0954. The Labute approximate surface area is 121 Å². The molecule has 5 heteroatoms. The highest BCUT2D eigenvalue weighted by atomic mass is 35.5. The molecule has 1 atom stereocenters. The standard InChI is InChI=1S/C15H16ClFN2O/c1-2-19-8-10(15(20)13-4-3-5-18-13)9-6-12(17)11(16)7-14(9)19/h6-8,13,18H,2-5H2,1H3. The van der Waals surface area contributed by atoms with Crippen LogP contribution in [-0.4, -0.2) is 22.9 Å². The van der Waals surface area contributed by atoms with Gasteiger partial charge in [-0.2, -0.15) is 0 Å². The lowest BCUT2D eigenvalue weighted by Gasteiger charge is -2.07. The molecule has 1 aromatic carbocycles. The Bertz CT molecular complexity index is 674. The van der Waals surface area contributed by atoms with Crippen LogP contribution in [0.5, 0.6) is 0 Å². The Morgan fingerprint density at radius 3 is 3.00 bits per heavy atom. The number of carbonyl (C=O) groups is 1. The summed E-state index contributed by atoms with van der Waals surface area (Å²) in [4.78, 5) is 12.6. The first-order valence-electron chi connectivity index (χ1n) is 6.87. The molecule has 0 spiro atoms. The predicted octanol–water partition coefficient (Wildman–Crippen LogP) is 3.39. The van der Waals surface area contributed by atoms with Crippen molar-refractivity contribution >= 4 is 28.3 Å². The van der Waals surface area contributed by atoms with Gasteiger partial charge in [0.1, 0.15) is 5.82 Å². The zero-order chi connectivity index (χ0) is 14.3. The number of benzene rings is 1. The first-order valence-corrected chi connectivity index (χ1v) is 7.25. The summed E-state index contributed by atoms with van der Waals surface area (Å²) in [5.74, 6) is -0.442. The molecule has 2 heterocycles. The van der Waals surface area contributed by atoms with Crippen LogP contribution in [0.1, 0.15) is 30.1 Å². The molecular formula is C15H16ClFN2O. The average molecular weight is 295 g/mol. The minimum absolute atomic E-state index is 0.0430. The third kappa shape index (κ3) is 2.13. The Morgan fingerprint density at radius 1 is 1.55 bits per heavy atom. The van der Waals surface area contributed by atoms with Gasteiger partial charge in [0.05, 0.1) is 16.6 Å². The van der Waals surface area contributed by atoms with E-state index in [1.165, 1.54) is 6.07 Å². The molecule has 20 heavy (non-hydrogen) atoms. The van der Waals surface area contributed by atoms with Crippen molar-refractivity contribution in [2.45, 2.75) is 32.4 Å².